The van der Waals surface area contributed by atoms with Gasteiger partial charge in [0.15, 0.2) is 12.4 Å². The van der Waals surface area contributed by atoms with Crippen LogP contribution in [0, 0.1) is 10.1 Å². The number of carbonyl (C=O) groups is 2. The Balaban J connectivity index is 1.62. The second kappa shape index (κ2) is 8.31. The van der Waals surface area contributed by atoms with Crippen LogP contribution >= 0.6 is 0 Å². The second-order valence-electron chi connectivity index (χ2n) is 6.11. The number of nitrogens with zero attached hydrogens (tertiary/aromatic N) is 2. The van der Waals surface area contributed by atoms with Gasteiger partial charge in [-0.25, -0.2) is 0 Å². The van der Waals surface area contributed by atoms with Crippen molar-refractivity contribution >= 4 is 28.9 Å². The molecule has 1 heterocycles. The summed E-state index contributed by atoms with van der Waals surface area (Å²) in [6.45, 7) is 0.300. The fourth-order valence-electron chi connectivity index (χ4n) is 2.90. The van der Waals surface area contributed by atoms with E-state index in [4.69, 9.17) is 4.74 Å². The standard InChI is InChI=1S/C19H19N3O5/c23-18(13-27-17-9-2-1-8-16(17)22(25)26)20-14-6-5-7-15(12-14)21-11-4-3-10-19(21)24/h1-2,5-9,12H,3-4,10-11,13H2,(H,20,23). The molecule has 0 aromatic heterocycles. The van der Waals surface area contributed by atoms with E-state index in [2.05, 4.69) is 5.32 Å². The lowest BCUT2D eigenvalue weighted by atomic mass is 10.1. The SMILES string of the molecule is O=C(COc1ccccc1[N+](=O)[O-])Nc1cccc(N2CCCCC2=O)c1. The summed E-state index contributed by atoms with van der Waals surface area (Å²) in [5, 5.41) is 13.6. The Morgan fingerprint density at radius 2 is 2.00 bits per heavy atom. The molecule has 1 aliphatic rings. The summed E-state index contributed by atoms with van der Waals surface area (Å²) in [7, 11) is 0. The average molecular weight is 369 g/mol. The van der Waals surface area contributed by atoms with Crippen molar-refractivity contribution in [2.24, 2.45) is 0 Å². The van der Waals surface area contributed by atoms with E-state index in [0.29, 0.717) is 18.7 Å². The lowest BCUT2D eigenvalue weighted by Crippen LogP contribution is -2.35. The molecule has 2 aromatic carbocycles. The van der Waals surface area contributed by atoms with E-state index in [9.17, 15) is 19.7 Å². The number of ether oxygens (including phenoxy) is 1. The molecule has 3 rings (SSSR count). The van der Waals surface area contributed by atoms with E-state index in [1.165, 1.54) is 18.2 Å². The zero-order chi connectivity index (χ0) is 19.2. The molecule has 27 heavy (non-hydrogen) atoms. The molecule has 8 heteroatoms. The van der Waals surface area contributed by atoms with Crippen LogP contribution in [-0.4, -0.2) is 29.9 Å². The maximum atomic E-state index is 12.1. The number of para-hydroxylation sites is 2. The van der Waals surface area contributed by atoms with Crippen molar-refractivity contribution in [3.05, 3.63) is 58.6 Å². The van der Waals surface area contributed by atoms with Gasteiger partial charge < -0.3 is 15.0 Å². The highest BCUT2D eigenvalue weighted by Gasteiger charge is 2.20. The Morgan fingerprint density at radius 3 is 2.78 bits per heavy atom. The van der Waals surface area contributed by atoms with Gasteiger partial charge in [-0.15, -0.1) is 0 Å². The number of hydrogen-bond acceptors (Lipinski definition) is 5. The van der Waals surface area contributed by atoms with Crippen molar-refractivity contribution in [2.75, 3.05) is 23.4 Å². The van der Waals surface area contributed by atoms with Gasteiger partial charge in [0.05, 0.1) is 4.92 Å². The van der Waals surface area contributed by atoms with Crippen molar-refractivity contribution in [1.82, 2.24) is 0 Å². The molecule has 0 bridgehead atoms. The molecule has 1 N–H and O–H groups in total. The van der Waals surface area contributed by atoms with Gasteiger partial charge in [-0.3, -0.25) is 19.7 Å². The molecule has 0 unspecified atom stereocenters. The minimum atomic E-state index is -0.563. The first-order chi connectivity index (χ1) is 13.0. The largest absolute Gasteiger partial charge is 0.477 e. The smallest absolute Gasteiger partial charge is 0.310 e. The van der Waals surface area contributed by atoms with Gasteiger partial charge in [0.1, 0.15) is 0 Å². The molecule has 0 radical (unpaired) electrons. The van der Waals surface area contributed by atoms with Crippen LogP contribution in [0.2, 0.25) is 0 Å². The number of piperidine rings is 1. The van der Waals surface area contributed by atoms with Gasteiger partial charge in [-0.2, -0.15) is 0 Å². The van der Waals surface area contributed by atoms with Crippen molar-refractivity contribution in [3.63, 3.8) is 0 Å². The third-order valence-corrected chi connectivity index (χ3v) is 4.19. The van der Waals surface area contributed by atoms with Crippen LogP contribution in [0.5, 0.6) is 5.75 Å². The van der Waals surface area contributed by atoms with Gasteiger partial charge in [0.25, 0.3) is 5.91 Å². The van der Waals surface area contributed by atoms with Crippen molar-refractivity contribution < 1.29 is 19.2 Å². The number of anilines is 2. The van der Waals surface area contributed by atoms with Gasteiger partial charge >= 0.3 is 5.69 Å². The van der Waals surface area contributed by atoms with Gasteiger partial charge in [0, 0.05) is 30.4 Å². The highest BCUT2D eigenvalue weighted by Crippen LogP contribution is 2.26. The Kier molecular flexibility index (Phi) is 5.65. The molecule has 2 amide bonds. The third-order valence-electron chi connectivity index (χ3n) is 4.19. The lowest BCUT2D eigenvalue weighted by Gasteiger charge is -2.27. The van der Waals surface area contributed by atoms with E-state index in [1.54, 1.807) is 29.2 Å². The molecule has 8 nitrogen and oxygen atoms in total. The number of carbonyl (C=O) groups excluding carboxylic acids is 2. The van der Waals surface area contributed by atoms with E-state index in [-0.39, 0.29) is 24.0 Å². The first-order valence-electron chi connectivity index (χ1n) is 8.61. The van der Waals surface area contributed by atoms with E-state index >= 15 is 0 Å². The summed E-state index contributed by atoms with van der Waals surface area (Å²) >= 11 is 0. The van der Waals surface area contributed by atoms with Crippen molar-refractivity contribution in [1.29, 1.82) is 0 Å². The topological polar surface area (TPSA) is 102 Å². The number of amides is 2. The van der Waals surface area contributed by atoms with Crippen molar-refractivity contribution in [3.8, 4) is 5.75 Å². The minimum Gasteiger partial charge on any atom is -0.477 e. The van der Waals surface area contributed by atoms with E-state index in [1.807, 2.05) is 6.07 Å². The van der Waals surface area contributed by atoms with Gasteiger partial charge in [0.2, 0.25) is 5.91 Å². The van der Waals surface area contributed by atoms with Crippen LogP contribution in [0.1, 0.15) is 19.3 Å². The summed E-state index contributed by atoms with van der Waals surface area (Å²) in [6, 6.07) is 12.9. The van der Waals surface area contributed by atoms with Crippen LogP contribution < -0.4 is 15.0 Å². The Bertz CT molecular complexity index is 868. The highest BCUT2D eigenvalue weighted by molar-refractivity contribution is 5.96. The fraction of sp³-hybridized carbons (Fsp3) is 0.263. The molecular formula is C19H19N3O5. The normalized spacial score (nSPS) is 13.9. The molecular weight excluding hydrogens is 350 g/mol. The number of hydrogen-bond donors (Lipinski definition) is 1. The van der Waals surface area contributed by atoms with Crippen LogP contribution in [0.15, 0.2) is 48.5 Å². The predicted octanol–water partition coefficient (Wildman–Crippen LogP) is 3.13. The lowest BCUT2D eigenvalue weighted by molar-refractivity contribution is -0.385. The van der Waals surface area contributed by atoms with Crippen LogP contribution in [-0.2, 0) is 9.59 Å². The number of nitro groups is 1. The van der Waals surface area contributed by atoms with Crippen LogP contribution in [0.4, 0.5) is 17.1 Å². The van der Waals surface area contributed by atoms with E-state index < -0.39 is 10.8 Å². The predicted molar refractivity (Wildman–Crippen MR) is 99.9 cm³/mol. The van der Waals surface area contributed by atoms with Crippen LogP contribution in [0.3, 0.4) is 0 Å². The monoisotopic (exact) mass is 369 g/mol. The summed E-state index contributed by atoms with van der Waals surface area (Å²) in [5.74, 6) is -0.343. The molecule has 0 atom stereocenters. The molecule has 1 saturated heterocycles. The molecule has 1 aliphatic heterocycles. The molecule has 1 fully saturated rings. The molecule has 140 valence electrons. The third kappa shape index (κ3) is 4.60. The number of nitrogens with one attached hydrogen (secondary N) is 1. The second-order valence-corrected chi connectivity index (χ2v) is 6.11. The highest BCUT2D eigenvalue weighted by atomic mass is 16.6. The maximum absolute atomic E-state index is 12.1. The number of nitro benzene ring substituents is 1. The zero-order valence-electron chi connectivity index (χ0n) is 14.6. The first kappa shape index (κ1) is 18.4. The minimum absolute atomic E-state index is 0.0327. The summed E-state index contributed by atoms with van der Waals surface area (Å²) in [4.78, 5) is 36.3. The summed E-state index contributed by atoms with van der Waals surface area (Å²) < 4.78 is 5.28. The number of rotatable bonds is 6. The molecule has 0 saturated carbocycles. The quantitative estimate of drug-likeness (QED) is 0.623. The van der Waals surface area contributed by atoms with Gasteiger partial charge in [-0.05, 0) is 37.1 Å². The van der Waals surface area contributed by atoms with Crippen LogP contribution in [0.25, 0.3) is 0 Å². The first-order valence-corrected chi connectivity index (χ1v) is 8.61. The molecule has 0 aliphatic carbocycles. The summed E-state index contributed by atoms with van der Waals surface area (Å²) in [5.41, 5.74) is 1.06. The Hall–Kier alpha value is -3.42. The average Bonchev–Trinajstić information content (AvgIpc) is 2.67. The molecule has 2 aromatic rings. The number of benzene rings is 2. The van der Waals surface area contributed by atoms with Gasteiger partial charge in [-0.1, -0.05) is 18.2 Å². The fourth-order valence-corrected chi connectivity index (χ4v) is 2.90. The van der Waals surface area contributed by atoms with Crippen molar-refractivity contribution in [2.45, 2.75) is 19.3 Å². The maximum Gasteiger partial charge on any atom is 0.310 e. The zero-order valence-corrected chi connectivity index (χ0v) is 14.6. The van der Waals surface area contributed by atoms with E-state index in [0.717, 1.165) is 18.5 Å². The summed E-state index contributed by atoms with van der Waals surface area (Å²) in [6.07, 6.45) is 2.38. The Labute approximate surface area is 155 Å². The Morgan fingerprint density at radius 1 is 1.19 bits per heavy atom. The molecule has 0 spiro atoms.